The number of carbonyl (C=O) groups is 1. The predicted octanol–water partition coefficient (Wildman–Crippen LogP) is 3.57. The lowest BCUT2D eigenvalue weighted by Crippen LogP contribution is -2.21. The highest BCUT2D eigenvalue weighted by Crippen LogP contribution is 2.40. The van der Waals surface area contributed by atoms with Gasteiger partial charge in [0.1, 0.15) is 5.75 Å². The van der Waals surface area contributed by atoms with Crippen LogP contribution in [-0.2, 0) is 11.2 Å². The lowest BCUT2D eigenvalue weighted by molar-refractivity contribution is -0.116. The van der Waals surface area contributed by atoms with Crippen LogP contribution in [0.1, 0.15) is 5.56 Å². The fourth-order valence-corrected chi connectivity index (χ4v) is 2.52. The summed E-state index contributed by atoms with van der Waals surface area (Å²) in [6.07, 6.45) is 0.409. The molecule has 0 aromatic heterocycles. The minimum atomic E-state index is 0.0294. The van der Waals surface area contributed by atoms with Crippen LogP contribution in [0.3, 0.4) is 0 Å². The van der Waals surface area contributed by atoms with E-state index in [1.54, 1.807) is 30.2 Å². The molecule has 0 spiro atoms. The average Bonchev–Trinajstić information content (AvgIpc) is 2.74. The van der Waals surface area contributed by atoms with Crippen molar-refractivity contribution in [3.8, 4) is 5.75 Å². The van der Waals surface area contributed by atoms with Crippen molar-refractivity contribution >= 4 is 28.9 Å². The van der Waals surface area contributed by atoms with Crippen LogP contribution in [0.4, 0.5) is 11.4 Å². The highest BCUT2D eigenvalue weighted by Gasteiger charge is 2.30. The molecule has 1 heterocycles. The number of ether oxygens (including phenoxy) is 1. The zero-order valence-electron chi connectivity index (χ0n) is 10.4. The van der Waals surface area contributed by atoms with Gasteiger partial charge in [0.15, 0.2) is 0 Å². The largest absolute Gasteiger partial charge is 0.495 e. The molecule has 0 saturated carbocycles. The molecule has 3 nitrogen and oxygen atoms in total. The Morgan fingerprint density at radius 3 is 2.74 bits per heavy atom. The average molecular weight is 274 g/mol. The third kappa shape index (κ3) is 1.96. The van der Waals surface area contributed by atoms with E-state index in [-0.39, 0.29) is 5.91 Å². The van der Waals surface area contributed by atoms with Crippen LogP contribution in [0.25, 0.3) is 0 Å². The predicted molar refractivity (Wildman–Crippen MR) is 75.3 cm³/mol. The quantitative estimate of drug-likeness (QED) is 0.837. The van der Waals surface area contributed by atoms with Gasteiger partial charge in [0, 0.05) is 5.02 Å². The SMILES string of the molecule is COc1ccc(Cl)cc1N1C(=O)Cc2ccccc21. The van der Waals surface area contributed by atoms with Crippen molar-refractivity contribution in [3.63, 3.8) is 0 Å². The molecule has 0 atom stereocenters. The van der Waals surface area contributed by atoms with Crippen LogP contribution in [0, 0.1) is 0 Å². The van der Waals surface area contributed by atoms with Crippen molar-refractivity contribution in [1.82, 2.24) is 0 Å². The number of carbonyl (C=O) groups excluding carboxylic acids is 1. The summed E-state index contributed by atoms with van der Waals surface area (Å²) in [7, 11) is 1.58. The highest BCUT2D eigenvalue weighted by atomic mass is 35.5. The van der Waals surface area contributed by atoms with Crippen LogP contribution in [-0.4, -0.2) is 13.0 Å². The van der Waals surface area contributed by atoms with Crippen molar-refractivity contribution in [2.45, 2.75) is 6.42 Å². The number of rotatable bonds is 2. The summed E-state index contributed by atoms with van der Waals surface area (Å²) in [6, 6.07) is 13.0. The Bertz CT molecular complexity index is 654. The molecule has 0 fully saturated rings. The van der Waals surface area contributed by atoms with Gasteiger partial charge in [-0.1, -0.05) is 29.8 Å². The third-order valence-corrected chi connectivity index (χ3v) is 3.44. The lowest BCUT2D eigenvalue weighted by atomic mass is 10.2. The van der Waals surface area contributed by atoms with Gasteiger partial charge in [0.05, 0.1) is 24.9 Å². The number of anilines is 2. The Morgan fingerprint density at radius 2 is 1.95 bits per heavy atom. The Hall–Kier alpha value is -2.00. The van der Waals surface area contributed by atoms with Crippen LogP contribution in [0.5, 0.6) is 5.75 Å². The molecule has 0 unspecified atom stereocenters. The van der Waals surface area contributed by atoms with E-state index >= 15 is 0 Å². The molecule has 19 heavy (non-hydrogen) atoms. The summed E-state index contributed by atoms with van der Waals surface area (Å²) in [4.78, 5) is 13.9. The van der Waals surface area contributed by atoms with Gasteiger partial charge < -0.3 is 4.74 Å². The van der Waals surface area contributed by atoms with Gasteiger partial charge in [-0.3, -0.25) is 9.69 Å². The topological polar surface area (TPSA) is 29.5 Å². The number of amides is 1. The summed E-state index contributed by atoms with van der Waals surface area (Å²) in [5.41, 5.74) is 2.60. The van der Waals surface area contributed by atoms with E-state index in [0.29, 0.717) is 22.9 Å². The molecule has 96 valence electrons. The number of methoxy groups -OCH3 is 1. The fourth-order valence-electron chi connectivity index (χ4n) is 2.36. The summed E-state index contributed by atoms with van der Waals surface area (Å²) < 4.78 is 5.32. The molecule has 0 radical (unpaired) electrons. The van der Waals surface area contributed by atoms with Gasteiger partial charge in [-0.05, 0) is 29.8 Å². The summed E-state index contributed by atoms with van der Waals surface area (Å²) >= 11 is 6.03. The Kier molecular flexibility index (Phi) is 2.91. The fraction of sp³-hybridized carbons (Fsp3) is 0.133. The number of halogens is 1. The molecule has 0 N–H and O–H groups in total. The number of fused-ring (bicyclic) bond motifs is 1. The monoisotopic (exact) mass is 273 g/mol. The number of nitrogens with zero attached hydrogens (tertiary/aromatic N) is 1. The van der Waals surface area contributed by atoms with E-state index in [1.165, 1.54) is 0 Å². The van der Waals surface area contributed by atoms with Crippen molar-refractivity contribution < 1.29 is 9.53 Å². The molecule has 2 aromatic carbocycles. The second kappa shape index (κ2) is 4.59. The van der Waals surface area contributed by atoms with Crippen molar-refractivity contribution in [3.05, 3.63) is 53.1 Å². The number of hydrogen-bond donors (Lipinski definition) is 0. The molecule has 1 amide bonds. The maximum absolute atomic E-state index is 12.2. The van der Waals surface area contributed by atoms with Gasteiger partial charge in [0.25, 0.3) is 0 Å². The summed E-state index contributed by atoms with van der Waals surface area (Å²) in [6.45, 7) is 0. The molecule has 1 aliphatic rings. The van der Waals surface area contributed by atoms with Gasteiger partial charge in [-0.2, -0.15) is 0 Å². The van der Waals surface area contributed by atoms with Crippen LogP contribution >= 0.6 is 11.6 Å². The molecule has 1 aliphatic heterocycles. The van der Waals surface area contributed by atoms with Crippen molar-refractivity contribution in [2.24, 2.45) is 0 Å². The minimum absolute atomic E-state index is 0.0294. The first-order chi connectivity index (χ1) is 9.20. The number of hydrogen-bond acceptors (Lipinski definition) is 2. The first kappa shape index (κ1) is 12.1. The van der Waals surface area contributed by atoms with E-state index < -0.39 is 0 Å². The van der Waals surface area contributed by atoms with Gasteiger partial charge in [-0.25, -0.2) is 0 Å². The third-order valence-electron chi connectivity index (χ3n) is 3.21. The molecular weight excluding hydrogens is 262 g/mol. The molecule has 0 saturated heterocycles. The zero-order chi connectivity index (χ0) is 13.4. The lowest BCUT2D eigenvalue weighted by Gasteiger charge is -2.20. The smallest absolute Gasteiger partial charge is 0.236 e. The molecule has 2 aromatic rings. The van der Waals surface area contributed by atoms with E-state index in [1.807, 2.05) is 24.3 Å². The normalized spacial score (nSPS) is 13.6. The first-order valence-corrected chi connectivity index (χ1v) is 6.33. The summed E-state index contributed by atoms with van der Waals surface area (Å²) in [5.74, 6) is 0.663. The first-order valence-electron chi connectivity index (χ1n) is 5.95. The molecule has 0 aliphatic carbocycles. The Labute approximate surface area is 116 Å². The number of benzene rings is 2. The van der Waals surface area contributed by atoms with Crippen LogP contribution < -0.4 is 9.64 Å². The standard InChI is InChI=1S/C15H12ClNO2/c1-19-14-7-6-11(16)9-13(14)17-12-5-3-2-4-10(12)8-15(17)18/h2-7,9H,8H2,1H3. The zero-order valence-corrected chi connectivity index (χ0v) is 11.1. The molecule has 0 bridgehead atoms. The second-order valence-electron chi connectivity index (χ2n) is 4.35. The minimum Gasteiger partial charge on any atom is -0.495 e. The van der Waals surface area contributed by atoms with E-state index in [9.17, 15) is 4.79 Å². The Morgan fingerprint density at radius 1 is 1.16 bits per heavy atom. The van der Waals surface area contributed by atoms with Crippen LogP contribution in [0.15, 0.2) is 42.5 Å². The maximum Gasteiger partial charge on any atom is 0.236 e. The number of para-hydroxylation sites is 1. The second-order valence-corrected chi connectivity index (χ2v) is 4.79. The van der Waals surface area contributed by atoms with E-state index in [2.05, 4.69) is 0 Å². The van der Waals surface area contributed by atoms with Crippen molar-refractivity contribution in [2.75, 3.05) is 12.0 Å². The Balaban J connectivity index is 2.17. The van der Waals surface area contributed by atoms with E-state index in [0.717, 1.165) is 11.3 Å². The van der Waals surface area contributed by atoms with Crippen LogP contribution in [0.2, 0.25) is 5.02 Å². The summed E-state index contributed by atoms with van der Waals surface area (Å²) in [5, 5.41) is 0.577. The molecular formula is C15H12ClNO2. The van der Waals surface area contributed by atoms with Gasteiger partial charge in [0.2, 0.25) is 5.91 Å². The highest BCUT2D eigenvalue weighted by molar-refractivity contribution is 6.31. The molecule has 4 heteroatoms. The van der Waals surface area contributed by atoms with Crippen molar-refractivity contribution in [1.29, 1.82) is 0 Å². The van der Waals surface area contributed by atoms with E-state index in [4.69, 9.17) is 16.3 Å². The maximum atomic E-state index is 12.2. The van der Waals surface area contributed by atoms with Gasteiger partial charge >= 0.3 is 0 Å². The van der Waals surface area contributed by atoms with Gasteiger partial charge in [-0.15, -0.1) is 0 Å². The molecule has 3 rings (SSSR count).